The monoisotopic (exact) mass is 290 g/mol. The van der Waals surface area contributed by atoms with Gasteiger partial charge in [0.2, 0.25) is 0 Å². The molecule has 2 saturated heterocycles. The number of fused-ring (bicyclic) bond motifs is 2. The summed E-state index contributed by atoms with van der Waals surface area (Å²) in [5.74, 6) is 0.138. The minimum atomic E-state index is 0.138. The van der Waals surface area contributed by atoms with Crippen molar-refractivity contribution in [1.29, 1.82) is 0 Å². The second-order valence-electron chi connectivity index (χ2n) is 6.35. The molecule has 1 aromatic rings. The van der Waals surface area contributed by atoms with Gasteiger partial charge in [0.1, 0.15) is 5.69 Å². The van der Waals surface area contributed by atoms with E-state index in [-0.39, 0.29) is 5.91 Å². The highest BCUT2D eigenvalue weighted by Gasteiger charge is 2.37. The maximum Gasteiger partial charge on any atom is 0.272 e. The lowest BCUT2D eigenvalue weighted by molar-refractivity contribution is 0.0620. The van der Waals surface area contributed by atoms with E-state index in [2.05, 4.69) is 29.2 Å². The molecule has 3 heterocycles. The Morgan fingerprint density at radius 3 is 2.57 bits per heavy atom. The van der Waals surface area contributed by atoms with Crippen molar-refractivity contribution < 1.29 is 4.79 Å². The molecule has 5 nitrogen and oxygen atoms in total. The van der Waals surface area contributed by atoms with Gasteiger partial charge in [-0.15, -0.1) is 0 Å². The summed E-state index contributed by atoms with van der Waals surface area (Å²) in [5.41, 5.74) is 1.71. The van der Waals surface area contributed by atoms with Gasteiger partial charge in [0.05, 0.1) is 5.69 Å². The lowest BCUT2D eigenvalue weighted by atomic mass is 9.98. The van der Waals surface area contributed by atoms with Gasteiger partial charge >= 0.3 is 0 Å². The molecule has 2 bridgehead atoms. The zero-order valence-electron chi connectivity index (χ0n) is 13.3. The molecular weight excluding hydrogens is 264 g/mol. The van der Waals surface area contributed by atoms with Crippen molar-refractivity contribution in [2.75, 3.05) is 6.54 Å². The summed E-state index contributed by atoms with van der Waals surface area (Å²) in [6, 6.07) is 3.53. The Morgan fingerprint density at radius 2 is 2.05 bits per heavy atom. The molecule has 0 radical (unpaired) electrons. The van der Waals surface area contributed by atoms with Crippen LogP contribution in [0, 0.1) is 0 Å². The molecule has 2 atom stereocenters. The van der Waals surface area contributed by atoms with Crippen LogP contribution in [-0.4, -0.2) is 45.3 Å². The van der Waals surface area contributed by atoms with Gasteiger partial charge in [0.15, 0.2) is 0 Å². The molecule has 1 aromatic heterocycles. The summed E-state index contributed by atoms with van der Waals surface area (Å²) >= 11 is 0. The summed E-state index contributed by atoms with van der Waals surface area (Å²) in [4.78, 5) is 15.0. The first-order valence-electron chi connectivity index (χ1n) is 8.22. The van der Waals surface area contributed by atoms with E-state index in [4.69, 9.17) is 0 Å². The normalized spacial score (nSPS) is 27.9. The number of carbonyl (C=O) groups is 1. The van der Waals surface area contributed by atoms with Crippen LogP contribution in [0.3, 0.4) is 0 Å². The number of aryl methyl sites for hydroxylation is 2. The minimum Gasteiger partial charge on any atom is -0.335 e. The summed E-state index contributed by atoms with van der Waals surface area (Å²) in [6.45, 7) is 4.92. The van der Waals surface area contributed by atoms with Gasteiger partial charge in [-0.3, -0.25) is 9.48 Å². The second kappa shape index (κ2) is 5.79. The van der Waals surface area contributed by atoms with Crippen molar-refractivity contribution in [3.63, 3.8) is 0 Å². The third kappa shape index (κ3) is 2.71. The van der Waals surface area contributed by atoms with E-state index in [0.29, 0.717) is 18.1 Å². The lowest BCUT2D eigenvalue weighted by Crippen LogP contribution is -2.50. The maximum absolute atomic E-state index is 12.9. The van der Waals surface area contributed by atoms with Gasteiger partial charge in [-0.05, 0) is 45.1 Å². The SMILES string of the molecule is CCc1cc(C(=O)N(CC)C2CC3CCC(C2)N3)n(C)n1. The van der Waals surface area contributed by atoms with Crippen LogP contribution in [0.15, 0.2) is 6.07 Å². The zero-order chi connectivity index (χ0) is 15.0. The summed E-state index contributed by atoms with van der Waals surface area (Å²) in [6.07, 6.45) is 5.57. The standard InChI is InChI=1S/C16H26N4O/c1-4-11-10-15(19(3)18-11)16(21)20(5-2)14-8-12-6-7-13(9-14)17-12/h10,12-14,17H,4-9H2,1-3H3. The van der Waals surface area contributed by atoms with Crippen LogP contribution in [-0.2, 0) is 13.5 Å². The quantitative estimate of drug-likeness (QED) is 0.919. The van der Waals surface area contributed by atoms with Crippen LogP contribution in [0.25, 0.3) is 0 Å². The van der Waals surface area contributed by atoms with Crippen molar-refractivity contribution in [3.05, 3.63) is 17.5 Å². The van der Waals surface area contributed by atoms with Gasteiger partial charge in [0.25, 0.3) is 5.91 Å². The molecule has 2 fully saturated rings. The maximum atomic E-state index is 12.9. The van der Waals surface area contributed by atoms with Crippen LogP contribution in [0.1, 0.15) is 55.7 Å². The molecule has 1 N–H and O–H groups in total. The molecular formula is C16H26N4O. The van der Waals surface area contributed by atoms with Crippen molar-refractivity contribution >= 4 is 5.91 Å². The predicted molar refractivity (Wildman–Crippen MR) is 82.3 cm³/mol. The second-order valence-corrected chi connectivity index (χ2v) is 6.35. The van der Waals surface area contributed by atoms with E-state index in [1.165, 1.54) is 12.8 Å². The average molecular weight is 290 g/mol. The first kappa shape index (κ1) is 14.6. The number of rotatable bonds is 4. The fourth-order valence-corrected chi connectivity index (χ4v) is 3.90. The number of aromatic nitrogens is 2. The van der Waals surface area contributed by atoms with Crippen molar-refractivity contribution in [2.45, 2.75) is 64.1 Å². The average Bonchev–Trinajstić information content (AvgIpc) is 3.02. The van der Waals surface area contributed by atoms with Crippen molar-refractivity contribution in [2.24, 2.45) is 7.05 Å². The van der Waals surface area contributed by atoms with Crippen LogP contribution in [0.2, 0.25) is 0 Å². The smallest absolute Gasteiger partial charge is 0.272 e. The topological polar surface area (TPSA) is 50.2 Å². The molecule has 0 aromatic carbocycles. The fraction of sp³-hybridized carbons (Fsp3) is 0.750. The Balaban J connectivity index is 1.78. The molecule has 0 aliphatic carbocycles. The zero-order valence-corrected chi connectivity index (χ0v) is 13.3. The van der Waals surface area contributed by atoms with Crippen LogP contribution >= 0.6 is 0 Å². The molecule has 1 amide bonds. The molecule has 3 rings (SSSR count). The Hall–Kier alpha value is -1.36. The summed E-state index contributed by atoms with van der Waals surface area (Å²) < 4.78 is 1.74. The highest BCUT2D eigenvalue weighted by molar-refractivity contribution is 5.93. The minimum absolute atomic E-state index is 0.138. The number of hydrogen-bond acceptors (Lipinski definition) is 3. The van der Waals surface area contributed by atoms with Gasteiger partial charge in [-0.25, -0.2) is 0 Å². The van der Waals surface area contributed by atoms with Crippen LogP contribution in [0.5, 0.6) is 0 Å². The highest BCUT2D eigenvalue weighted by Crippen LogP contribution is 2.30. The van der Waals surface area contributed by atoms with E-state index in [1.807, 2.05) is 13.1 Å². The van der Waals surface area contributed by atoms with Gasteiger partial charge < -0.3 is 10.2 Å². The van der Waals surface area contributed by atoms with E-state index >= 15 is 0 Å². The third-order valence-corrected chi connectivity index (χ3v) is 5.00. The Morgan fingerprint density at radius 1 is 1.38 bits per heavy atom. The van der Waals surface area contributed by atoms with E-state index in [9.17, 15) is 4.79 Å². The predicted octanol–water partition coefficient (Wildman–Crippen LogP) is 1.73. The number of carbonyl (C=O) groups excluding carboxylic acids is 1. The third-order valence-electron chi connectivity index (χ3n) is 5.00. The van der Waals surface area contributed by atoms with E-state index in [1.54, 1.807) is 4.68 Å². The van der Waals surface area contributed by atoms with Crippen LogP contribution < -0.4 is 5.32 Å². The Labute approximate surface area is 126 Å². The number of nitrogens with zero attached hydrogens (tertiary/aromatic N) is 3. The fourth-order valence-electron chi connectivity index (χ4n) is 3.90. The van der Waals surface area contributed by atoms with Crippen molar-refractivity contribution in [3.8, 4) is 0 Å². The van der Waals surface area contributed by atoms with Crippen molar-refractivity contribution in [1.82, 2.24) is 20.0 Å². The number of amides is 1. The molecule has 0 spiro atoms. The Bertz CT molecular complexity index is 512. The largest absolute Gasteiger partial charge is 0.335 e. The lowest BCUT2D eigenvalue weighted by Gasteiger charge is -2.37. The molecule has 2 aliphatic heterocycles. The van der Waals surface area contributed by atoms with E-state index < -0.39 is 0 Å². The molecule has 5 heteroatoms. The molecule has 2 aliphatic rings. The summed E-state index contributed by atoms with van der Waals surface area (Å²) in [7, 11) is 1.87. The number of piperidine rings is 1. The first-order valence-corrected chi connectivity index (χ1v) is 8.22. The number of hydrogen-bond donors (Lipinski definition) is 1. The molecule has 116 valence electrons. The number of nitrogens with one attached hydrogen (secondary N) is 1. The van der Waals surface area contributed by atoms with Gasteiger partial charge in [0, 0.05) is 31.7 Å². The van der Waals surface area contributed by atoms with Gasteiger partial charge in [-0.2, -0.15) is 5.10 Å². The first-order chi connectivity index (χ1) is 10.1. The van der Waals surface area contributed by atoms with Crippen LogP contribution in [0.4, 0.5) is 0 Å². The summed E-state index contributed by atoms with van der Waals surface area (Å²) in [5, 5.41) is 8.06. The Kier molecular flexibility index (Phi) is 4.02. The van der Waals surface area contributed by atoms with E-state index in [0.717, 1.165) is 37.2 Å². The molecule has 21 heavy (non-hydrogen) atoms. The molecule has 0 saturated carbocycles. The highest BCUT2D eigenvalue weighted by atomic mass is 16.2. The van der Waals surface area contributed by atoms with Gasteiger partial charge in [-0.1, -0.05) is 6.92 Å². The molecule has 2 unspecified atom stereocenters.